The molecule has 1 N–H and O–H groups in total. The molecule has 0 atom stereocenters. The minimum Gasteiger partial charge on any atom is -0.378 e. The average Bonchev–Trinajstić information content (AvgIpc) is 3.01. The second-order valence-electron chi connectivity index (χ2n) is 4.07. The monoisotopic (exact) mass is 330 g/mol. The second-order valence-corrected chi connectivity index (χ2v) is 4.98. The molecule has 100 valence electrons. The van der Waals surface area contributed by atoms with Crippen molar-refractivity contribution in [1.82, 2.24) is 24.7 Å². The maximum absolute atomic E-state index is 4.32. The van der Waals surface area contributed by atoms with E-state index in [4.69, 9.17) is 0 Å². The average molecular weight is 331 g/mol. The molecule has 0 aromatic carbocycles. The van der Waals surface area contributed by atoms with Crippen molar-refractivity contribution < 1.29 is 0 Å². The van der Waals surface area contributed by atoms with E-state index in [0.717, 1.165) is 21.7 Å². The zero-order valence-electron chi connectivity index (χ0n) is 10.4. The van der Waals surface area contributed by atoms with Gasteiger partial charge in [0, 0.05) is 10.7 Å². The number of halogens is 1. The van der Waals surface area contributed by atoms with Crippen molar-refractivity contribution >= 4 is 21.6 Å². The molecular weight excluding hydrogens is 320 g/mol. The lowest BCUT2D eigenvalue weighted by molar-refractivity contribution is 0.845. The molecule has 0 saturated carbocycles. The summed E-state index contributed by atoms with van der Waals surface area (Å²) < 4.78 is 2.58. The van der Waals surface area contributed by atoms with Gasteiger partial charge in [-0.25, -0.2) is 14.6 Å². The number of pyridine rings is 2. The van der Waals surface area contributed by atoms with E-state index < -0.39 is 0 Å². The molecule has 0 amide bonds. The molecule has 0 unspecified atom stereocenters. The van der Waals surface area contributed by atoms with Gasteiger partial charge < -0.3 is 5.32 Å². The molecule has 6 nitrogen and oxygen atoms in total. The lowest BCUT2D eigenvalue weighted by atomic mass is 10.3. The quantitative estimate of drug-likeness (QED) is 0.795. The topological polar surface area (TPSA) is 68.5 Å². The van der Waals surface area contributed by atoms with Gasteiger partial charge in [0.25, 0.3) is 0 Å². The summed E-state index contributed by atoms with van der Waals surface area (Å²) in [7, 11) is 0. The third kappa shape index (κ3) is 3.00. The second kappa shape index (κ2) is 5.79. The Balaban J connectivity index is 1.65. The van der Waals surface area contributed by atoms with Gasteiger partial charge in [-0.2, -0.15) is 5.10 Å². The number of nitrogens with zero attached hydrogens (tertiary/aromatic N) is 5. The van der Waals surface area contributed by atoms with Crippen molar-refractivity contribution in [2.24, 2.45) is 0 Å². The largest absolute Gasteiger partial charge is 0.378 e. The van der Waals surface area contributed by atoms with E-state index in [1.54, 1.807) is 23.4 Å². The Kier molecular flexibility index (Phi) is 3.69. The molecular formula is C13H11BrN6. The first-order valence-electron chi connectivity index (χ1n) is 5.96. The fourth-order valence-corrected chi connectivity index (χ4v) is 1.89. The zero-order chi connectivity index (χ0) is 13.8. The Hall–Kier alpha value is -2.28. The summed E-state index contributed by atoms with van der Waals surface area (Å²) in [6.45, 7) is 0.650. The fraction of sp³-hybridized carbons (Fsp3) is 0.0769. The standard InChI is InChI=1S/C13H11BrN6/c14-10-1-2-11(16-5-10)6-17-12-3-4-13(18-7-12)20-9-15-8-19-20/h1-5,7-9,17H,6H2. The minimum atomic E-state index is 0.650. The van der Waals surface area contributed by atoms with Crippen LogP contribution in [-0.4, -0.2) is 24.7 Å². The van der Waals surface area contributed by atoms with Crippen LogP contribution >= 0.6 is 15.9 Å². The van der Waals surface area contributed by atoms with Crippen LogP contribution in [0.1, 0.15) is 5.69 Å². The Morgan fingerprint density at radius 1 is 1.10 bits per heavy atom. The molecule has 7 heteroatoms. The smallest absolute Gasteiger partial charge is 0.155 e. The van der Waals surface area contributed by atoms with E-state index in [0.29, 0.717) is 6.54 Å². The van der Waals surface area contributed by atoms with Gasteiger partial charge in [-0.15, -0.1) is 0 Å². The molecule has 0 saturated heterocycles. The number of anilines is 1. The highest BCUT2D eigenvalue weighted by atomic mass is 79.9. The van der Waals surface area contributed by atoms with Crippen LogP contribution in [-0.2, 0) is 6.54 Å². The molecule has 3 aromatic heterocycles. The summed E-state index contributed by atoms with van der Waals surface area (Å²) in [5.74, 6) is 0.731. The molecule has 0 bridgehead atoms. The summed E-state index contributed by atoms with van der Waals surface area (Å²) in [6.07, 6.45) is 6.63. The summed E-state index contributed by atoms with van der Waals surface area (Å²) in [5, 5.41) is 7.29. The van der Waals surface area contributed by atoms with Crippen LogP contribution in [0, 0.1) is 0 Å². The normalized spacial score (nSPS) is 10.4. The van der Waals surface area contributed by atoms with Gasteiger partial charge in [-0.05, 0) is 40.2 Å². The van der Waals surface area contributed by atoms with Gasteiger partial charge in [0.05, 0.1) is 24.1 Å². The Bertz CT molecular complexity index is 663. The first-order chi connectivity index (χ1) is 9.81. The maximum atomic E-state index is 4.32. The molecule has 0 aliphatic heterocycles. The number of hydrogen-bond acceptors (Lipinski definition) is 5. The van der Waals surface area contributed by atoms with Crippen molar-refractivity contribution in [3.05, 3.63) is 59.5 Å². The molecule has 20 heavy (non-hydrogen) atoms. The van der Waals surface area contributed by atoms with Gasteiger partial charge in [0.2, 0.25) is 0 Å². The number of aromatic nitrogens is 5. The van der Waals surface area contributed by atoms with E-state index in [9.17, 15) is 0 Å². The summed E-state index contributed by atoms with van der Waals surface area (Å²) in [4.78, 5) is 12.5. The zero-order valence-corrected chi connectivity index (χ0v) is 12.0. The molecule has 0 radical (unpaired) electrons. The molecule has 3 aromatic rings. The Labute approximate surface area is 124 Å². The highest BCUT2D eigenvalue weighted by molar-refractivity contribution is 9.10. The molecule has 0 aliphatic rings. The van der Waals surface area contributed by atoms with Crippen LogP contribution in [0.25, 0.3) is 5.82 Å². The lowest BCUT2D eigenvalue weighted by Crippen LogP contribution is -2.03. The number of nitrogens with one attached hydrogen (secondary N) is 1. The Morgan fingerprint density at radius 2 is 2.05 bits per heavy atom. The van der Waals surface area contributed by atoms with Crippen molar-refractivity contribution in [2.45, 2.75) is 6.54 Å². The van der Waals surface area contributed by atoms with E-state index in [1.165, 1.54) is 6.33 Å². The van der Waals surface area contributed by atoms with Crippen molar-refractivity contribution in [2.75, 3.05) is 5.32 Å². The summed E-state index contributed by atoms with van der Waals surface area (Å²) >= 11 is 3.36. The highest BCUT2D eigenvalue weighted by Crippen LogP contribution is 2.11. The first-order valence-corrected chi connectivity index (χ1v) is 6.76. The molecule has 3 heterocycles. The van der Waals surface area contributed by atoms with Crippen LogP contribution in [0.15, 0.2) is 53.8 Å². The number of rotatable bonds is 4. The predicted molar refractivity (Wildman–Crippen MR) is 78.4 cm³/mol. The van der Waals surface area contributed by atoms with Gasteiger partial charge in [0.15, 0.2) is 5.82 Å². The Morgan fingerprint density at radius 3 is 2.70 bits per heavy atom. The molecule has 0 fully saturated rings. The van der Waals surface area contributed by atoms with Crippen molar-refractivity contribution in [1.29, 1.82) is 0 Å². The van der Waals surface area contributed by atoms with Gasteiger partial charge in [0.1, 0.15) is 12.7 Å². The van der Waals surface area contributed by atoms with Crippen molar-refractivity contribution in [3.63, 3.8) is 0 Å². The highest BCUT2D eigenvalue weighted by Gasteiger charge is 2.00. The third-order valence-corrected chi connectivity index (χ3v) is 3.13. The summed E-state index contributed by atoms with van der Waals surface area (Å²) in [6, 6.07) is 7.76. The molecule has 3 rings (SSSR count). The fourth-order valence-electron chi connectivity index (χ4n) is 1.66. The van der Waals surface area contributed by atoms with E-state index in [2.05, 4.69) is 41.3 Å². The van der Waals surface area contributed by atoms with Crippen LogP contribution in [0.5, 0.6) is 0 Å². The lowest BCUT2D eigenvalue weighted by Gasteiger charge is -2.06. The summed E-state index contributed by atoms with van der Waals surface area (Å²) in [5.41, 5.74) is 1.90. The van der Waals surface area contributed by atoms with Crippen LogP contribution in [0.3, 0.4) is 0 Å². The van der Waals surface area contributed by atoms with Gasteiger partial charge in [-0.1, -0.05) is 0 Å². The SMILES string of the molecule is Brc1ccc(CNc2ccc(-n3cncn3)nc2)nc1. The van der Waals surface area contributed by atoms with Gasteiger partial charge in [-0.3, -0.25) is 4.98 Å². The number of hydrogen-bond donors (Lipinski definition) is 1. The molecule has 0 aliphatic carbocycles. The third-order valence-electron chi connectivity index (χ3n) is 2.66. The van der Waals surface area contributed by atoms with E-state index in [1.807, 2.05) is 24.3 Å². The van der Waals surface area contributed by atoms with Crippen LogP contribution in [0.2, 0.25) is 0 Å². The van der Waals surface area contributed by atoms with Crippen LogP contribution in [0.4, 0.5) is 5.69 Å². The van der Waals surface area contributed by atoms with Gasteiger partial charge >= 0.3 is 0 Å². The first kappa shape index (κ1) is 12.7. The van der Waals surface area contributed by atoms with Crippen molar-refractivity contribution in [3.8, 4) is 5.82 Å². The molecule has 0 spiro atoms. The maximum Gasteiger partial charge on any atom is 0.155 e. The minimum absolute atomic E-state index is 0.650. The van der Waals surface area contributed by atoms with E-state index >= 15 is 0 Å². The van der Waals surface area contributed by atoms with Crippen LogP contribution < -0.4 is 5.32 Å². The van der Waals surface area contributed by atoms with E-state index in [-0.39, 0.29) is 0 Å². The predicted octanol–water partition coefficient (Wildman–Crippen LogP) is 2.43.